The number of aromatic nitrogens is 1. The van der Waals surface area contributed by atoms with E-state index < -0.39 is 21.8 Å². The number of pyridine rings is 1. The lowest BCUT2D eigenvalue weighted by Crippen LogP contribution is -2.14. The van der Waals surface area contributed by atoms with Gasteiger partial charge in [-0.3, -0.25) is 4.98 Å². The minimum atomic E-state index is -4.00. The minimum Gasteiger partial charge on any atom is -0.496 e. The second-order valence-electron chi connectivity index (χ2n) is 5.59. The molecule has 0 saturated heterocycles. The van der Waals surface area contributed by atoms with Crippen molar-refractivity contribution >= 4 is 26.9 Å². The van der Waals surface area contributed by atoms with Gasteiger partial charge in [-0.1, -0.05) is 6.07 Å². The summed E-state index contributed by atoms with van der Waals surface area (Å²) in [5, 5.41) is 5.40. The summed E-state index contributed by atoms with van der Waals surface area (Å²) >= 11 is 0. The van der Waals surface area contributed by atoms with Crippen molar-refractivity contribution in [3.63, 3.8) is 0 Å². The first kappa shape index (κ1) is 18.7. The number of primary sulfonamides is 1. The first-order chi connectivity index (χ1) is 12.8. The molecule has 0 bridgehead atoms. The molecule has 7 nitrogen and oxygen atoms in total. The Kier molecular flexibility index (Phi) is 5.06. The molecule has 0 atom stereocenters. The van der Waals surface area contributed by atoms with Crippen LogP contribution in [0, 0.1) is 5.82 Å². The molecule has 0 radical (unpaired) electrons. The van der Waals surface area contributed by atoms with E-state index in [1.54, 1.807) is 12.1 Å². The second kappa shape index (κ2) is 7.29. The molecular formula is C18H15FN2O5S. The van der Waals surface area contributed by atoms with E-state index in [1.165, 1.54) is 37.6 Å². The van der Waals surface area contributed by atoms with Crippen LogP contribution in [0.15, 0.2) is 53.6 Å². The Bertz CT molecular complexity index is 1130. The molecule has 9 heteroatoms. The van der Waals surface area contributed by atoms with Crippen LogP contribution in [0.2, 0.25) is 0 Å². The van der Waals surface area contributed by atoms with E-state index in [9.17, 15) is 17.6 Å². The van der Waals surface area contributed by atoms with Gasteiger partial charge in [0.05, 0.1) is 17.5 Å². The van der Waals surface area contributed by atoms with Gasteiger partial charge in [0.25, 0.3) is 0 Å². The Morgan fingerprint density at radius 3 is 2.70 bits per heavy atom. The maximum atomic E-state index is 13.9. The summed E-state index contributed by atoms with van der Waals surface area (Å²) in [7, 11) is -2.67. The first-order valence-electron chi connectivity index (χ1n) is 7.71. The zero-order chi connectivity index (χ0) is 19.6. The van der Waals surface area contributed by atoms with Crippen molar-refractivity contribution in [3.8, 4) is 5.75 Å². The minimum absolute atomic E-state index is 0.0941. The molecule has 1 aromatic heterocycles. The third-order valence-corrected chi connectivity index (χ3v) is 4.79. The average molecular weight is 390 g/mol. The summed E-state index contributed by atoms with van der Waals surface area (Å²) in [5.74, 6) is -1.11. The third kappa shape index (κ3) is 3.88. The number of fused-ring (bicyclic) bond motifs is 1. The summed E-state index contributed by atoms with van der Waals surface area (Å²) in [4.78, 5) is 16.3. The quantitative estimate of drug-likeness (QED) is 0.670. The fourth-order valence-electron chi connectivity index (χ4n) is 2.56. The van der Waals surface area contributed by atoms with Crippen LogP contribution < -0.4 is 9.88 Å². The van der Waals surface area contributed by atoms with Gasteiger partial charge in [0.2, 0.25) is 10.0 Å². The maximum Gasteiger partial charge on any atom is 0.342 e. The first-order valence-corrected chi connectivity index (χ1v) is 9.26. The number of carbonyl (C=O) groups is 1. The van der Waals surface area contributed by atoms with Crippen LogP contribution in [0.4, 0.5) is 4.39 Å². The summed E-state index contributed by atoms with van der Waals surface area (Å²) in [5.41, 5.74) is 0.779. The average Bonchev–Trinajstić information content (AvgIpc) is 2.66. The summed E-state index contributed by atoms with van der Waals surface area (Å²) in [6.07, 6.45) is 1.51. The second-order valence-corrected chi connectivity index (χ2v) is 7.15. The Hall–Kier alpha value is -3.04. The molecule has 0 fully saturated rings. The number of hydrogen-bond donors (Lipinski definition) is 1. The molecule has 3 rings (SSSR count). The molecule has 27 heavy (non-hydrogen) atoms. The van der Waals surface area contributed by atoms with Crippen molar-refractivity contribution in [3.05, 3.63) is 65.6 Å². The fourth-order valence-corrected chi connectivity index (χ4v) is 3.10. The standard InChI is InChI=1S/C18H15FN2O5S/c1-25-16-7-5-12(27(20,23)24)9-14(16)18(22)26-10-11-4-6-15(19)13-3-2-8-21-17(11)13/h2-9H,10H2,1H3,(H2,20,23,24). The monoisotopic (exact) mass is 390 g/mol. The molecule has 140 valence electrons. The number of sulfonamides is 1. The van der Waals surface area contributed by atoms with Crippen molar-refractivity contribution in [1.82, 2.24) is 4.98 Å². The fraction of sp³-hybridized carbons (Fsp3) is 0.111. The van der Waals surface area contributed by atoms with Crippen LogP contribution in [-0.4, -0.2) is 26.5 Å². The molecule has 0 aliphatic carbocycles. The van der Waals surface area contributed by atoms with Crippen molar-refractivity contribution in [2.24, 2.45) is 5.14 Å². The van der Waals surface area contributed by atoms with Gasteiger partial charge in [-0.05, 0) is 36.4 Å². The van der Waals surface area contributed by atoms with Crippen molar-refractivity contribution in [1.29, 1.82) is 0 Å². The van der Waals surface area contributed by atoms with E-state index in [0.29, 0.717) is 16.5 Å². The number of benzene rings is 2. The molecule has 0 aliphatic heterocycles. The summed E-state index contributed by atoms with van der Waals surface area (Å²) in [6, 6.07) is 9.52. The number of nitrogens with two attached hydrogens (primary N) is 1. The van der Waals surface area contributed by atoms with Crippen LogP contribution in [0.25, 0.3) is 10.9 Å². The van der Waals surface area contributed by atoms with E-state index in [4.69, 9.17) is 14.6 Å². The van der Waals surface area contributed by atoms with Crippen LogP contribution >= 0.6 is 0 Å². The van der Waals surface area contributed by atoms with Gasteiger partial charge in [-0.25, -0.2) is 22.7 Å². The Labute approximate surface area is 154 Å². The Morgan fingerprint density at radius 1 is 1.22 bits per heavy atom. The van der Waals surface area contributed by atoms with Crippen molar-refractivity contribution in [2.45, 2.75) is 11.5 Å². The maximum absolute atomic E-state index is 13.9. The molecule has 0 amide bonds. The highest BCUT2D eigenvalue weighted by atomic mass is 32.2. The summed E-state index contributed by atoms with van der Waals surface area (Å²) in [6.45, 7) is -0.185. The molecule has 1 heterocycles. The molecule has 0 aliphatic rings. The van der Waals surface area contributed by atoms with E-state index in [1.807, 2.05) is 0 Å². The number of hydrogen-bond acceptors (Lipinski definition) is 6. The molecule has 2 N–H and O–H groups in total. The lowest BCUT2D eigenvalue weighted by atomic mass is 10.1. The van der Waals surface area contributed by atoms with Gasteiger partial charge >= 0.3 is 5.97 Å². The van der Waals surface area contributed by atoms with Crippen LogP contribution in [0.5, 0.6) is 5.75 Å². The van der Waals surface area contributed by atoms with Crippen molar-refractivity contribution in [2.75, 3.05) is 7.11 Å². The number of esters is 1. The van der Waals surface area contributed by atoms with Crippen LogP contribution in [0.3, 0.4) is 0 Å². The number of methoxy groups -OCH3 is 1. The van der Waals surface area contributed by atoms with E-state index >= 15 is 0 Å². The highest BCUT2D eigenvalue weighted by Gasteiger charge is 2.19. The van der Waals surface area contributed by atoms with Gasteiger partial charge in [-0.2, -0.15) is 0 Å². The zero-order valence-corrected chi connectivity index (χ0v) is 15.0. The third-order valence-electron chi connectivity index (χ3n) is 3.88. The SMILES string of the molecule is COc1ccc(S(N)(=O)=O)cc1C(=O)OCc1ccc(F)c2cccnc12. The largest absolute Gasteiger partial charge is 0.496 e. The number of halogens is 1. The van der Waals surface area contributed by atoms with Gasteiger partial charge in [0.1, 0.15) is 23.7 Å². The molecule has 0 unspecified atom stereocenters. The van der Waals surface area contributed by atoms with E-state index in [0.717, 1.165) is 6.07 Å². The molecule has 3 aromatic rings. The summed E-state index contributed by atoms with van der Waals surface area (Å²) < 4.78 is 47.2. The zero-order valence-electron chi connectivity index (χ0n) is 14.2. The van der Waals surface area contributed by atoms with E-state index in [-0.39, 0.29) is 22.8 Å². The van der Waals surface area contributed by atoms with E-state index in [2.05, 4.69) is 4.98 Å². The molecule has 0 saturated carbocycles. The molecule has 2 aromatic carbocycles. The van der Waals surface area contributed by atoms with Crippen molar-refractivity contribution < 1.29 is 27.1 Å². The topological polar surface area (TPSA) is 109 Å². The lowest BCUT2D eigenvalue weighted by molar-refractivity contribution is 0.0470. The number of ether oxygens (including phenoxy) is 2. The normalized spacial score (nSPS) is 11.4. The van der Waals surface area contributed by atoms with Gasteiger partial charge in [0.15, 0.2) is 0 Å². The smallest absolute Gasteiger partial charge is 0.342 e. The van der Waals surface area contributed by atoms with Crippen LogP contribution in [-0.2, 0) is 21.4 Å². The Balaban J connectivity index is 1.90. The highest BCUT2D eigenvalue weighted by Crippen LogP contribution is 2.24. The van der Waals surface area contributed by atoms with Gasteiger partial charge < -0.3 is 9.47 Å². The van der Waals surface area contributed by atoms with Crippen LogP contribution in [0.1, 0.15) is 15.9 Å². The highest BCUT2D eigenvalue weighted by molar-refractivity contribution is 7.89. The number of rotatable bonds is 5. The number of nitrogens with zero attached hydrogens (tertiary/aromatic N) is 1. The lowest BCUT2D eigenvalue weighted by Gasteiger charge is -2.11. The number of carbonyl (C=O) groups excluding carboxylic acids is 1. The van der Waals surface area contributed by atoms with Gasteiger partial charge in [-0.15, -0.1) is 0 Å². The molecular weight excluding hydrogens is 375 g/mol. The predicted molar refractivity (Wildman–Crippen MR) is 95.2 cm³/mol. The van der Waals surface area contributed by atoms with Gasteiger partial charge in [0, 0.05) is 17.1 Å². The molecule has 0 spiro atoms. The predicted octanol–water partition coefficient (Wildman–Crippen LogP) is 2.39. The Morgan fingerprint density at radius 2 is 2.00 bits per heavy atom.